The van der Waals surface area contributed by atoms with Gasteiger partial charge in [0.2, 0.25) is 0 Å². The second-order valence-corrected chi connectivity index (χ2v) is 6.75. The van der Waals surface area contributed by atoms with Crippen LogP contribution < -0.4 is 10.2 Å². The molecule has 0 amide bonds. The van der Waals surface area contributed by atoms with E-state index in [-0.39, 0.29) is 12.4 Å². The van der Waals surface area contributed by atoms with Gasteiger partial charge in [0.15, 0.2) is 0 Å². The smallest absolute Gasteiger partial charge is 0.429 e. The molecule has 1 fully saturated rings. The van der Waals surface area contributed by atoms with Crippen LogP contribution >= 0.6 is 0 Å². The van der Waals surface area contributed by atoms with Gasteiger partial charge in [0, 0.05) is 13.2 Å². The van der Waals surface area contributed by atoms with Gasteiger partial charge in [-0.05, 0) is 50.9 Å². The van der Waals surface area contributed by atoms with Crippen molar-refractivity contribution in [3.05, 3.63) is 36.4 Å². The van der Waals surface area contributed by atoms with Crippen LogP contribution in [0.1, 0.15) is 33.3 Å². The molecule has 0 spiro atoms. The number of hydrogen-bond donors (Lipinski definition) is 0. The summed E-state index contributed by atoms with van der Waals surface area (Å²) in [7, 11) is 0.925. The number of rotatable bonds is 6. The number of halogens is 2. The van der Waals surface area contributed by atoms with E-state index >= 15 is 0 Å². The Morgan fingerprint density at radius 2 is 1.79 bits per heavy atom. The fraction of sp³-hybridized carbons (Fsp3) is 0.529. The second kappa shape index (κ2) is 6.46. The summed E-state index contributed by atoms with van der Waals surface area (Å²) in [6.45, 7) is 11.1. The molecule has 1 saturated heterocycles. The summed E-state index contributed by atoms with van der Waals surface area (Å²) in [5.41, 5.74) is 0.401. The molecule has 1 aromatic rings. The molecule has 4 nitrogen and oxygen atoms in total. The van der Waals surface area contributed by atoms with E-state index in [0.29, 0.717) is 11.6 Å². The van der Waals surface area contributed by atoms with E-state index < -0.39 is 24.4 Å². The van der Waals surface area contributed by atoms with Crippen LogP contribution in [0, 0.1) is 0 Å². The molecule has 0 saturated carbocycles. The Morgan fingerprint density at radius 1 is 1.21 bits per heavy atom. The summed E-state index contributed by atoms with van der Waals surface area (Å²) in [4.78, 5) is 0. The molecule has 2 rings (SSSR count). The molecule has 0 N–H and O–H groups in total. The summed E-state index contributed by atoms with van der Waals surface area (Å²) in [5.74, 6) is 0.0206. The maximum Gasteiger partial charge on any atom is 0.495 e. The lowest BCUT2D eigenvalue weighted by Gasteiger charge is -2.32. The molecule has 0 atom stereocenters. The van der Waals surface area contributed by atoms with Crippen molar-refractivity contribution in [1.82, 2.24) is 0 Å². The first-order valence-electron chi connectivity index (χ1n) is 7.69. The Bertz CT molecular complexity index is 601. The quantitative estimate of drug-likeness (QED) is 0.588. The van der Waals surface area contributed by atoms with Crippen LogP contribution in [0.15, 0.2) is 30.9 Å². The van der Waals surface area contributed by atoms with Gasteiger partial charge in [0.05, 0.1) is 17.8 Å². The summed E-state index contributed by atoms with van der Waals surface area (Å²) >= 11 is 0. The van der Waals surface area contributed by atoms with Crippen molar-refractivity contribution in [2.75, 3.05) is 7.11 Å². The Hall–Kier alpha value is -1.44. The Morgan fingerprint density at radius 3 is 2.29 bits per heavy atom. The third-order valence-corrected chi connectivity index (χ3v) is 4.41. The van der Waals surface area contributed by atoms with Gasteiger partial charge in [-0.15, -0.1) is 0 Å². The van der Waals surface area contributed by atoms with Crippen LogP contribution in [-0.2, 0) is 20.7 Å². The molecular formula is C17H23BF2O4. The van der Waals surface area contributed by atoms with E-state index in [9.17, 15) is 8.78 Å². The molecule has 0 unspecified atom stereocenters. The minimum Gasteiger partial charge on any atom is -0.429 e. The minimum absolute atomic E-state index is 0.0206. The summed E-state index contributed by atoms with van der Waals surface area (Å²) < 4.78 is 48.5. The second-order valence-electron chi connectivity index (χ2n) is 6.75. The van der Waals surface area contributed by atoms with Crippen LogP contribution in [0.4, 0.5) is 8.78 Å². The van der Waals surface area contributed by atoms with Gasteiger partial charge in [-0.1, -0.05) is 12.6 Å². The van der Waals surface area contributed by atoms with E-state index in [0.717, 1.165) is 5.46 Å². The first kappa shape index (κ1) is 18.9. The van der Waals surface area contributed by atoms with Crippen LogP contribution in [0.25, 0.3) is 0 Å². The normalized spacial score (nSPS) is 19.4. The van der Waals surface area contributed by atoms with Crippen molar-refractivity contribution < 1.29 is 27.6 Å². The molecular weight excluding hydrogens is 317 g/mol. The van der Waals surface area contributed by atoms with E-state index in [1.807, 2.05) is 27.7 Å². The molecule has 7 heteroatoms. The predicted octanol–water partition coefficient (Wildman–Crippen LogP) is 3.29. The summed E-state index contributed by atoms with van der Waals surface area (Å²) in [6, 6.07) is 4.61. The van der Waals surface area contributed by atoms with Gasteiger partial charge >= 0.3 is 13.2 Å². The lowest BCUT2D eigenvalue weighted by molar-refractivity contribution is -0.131. The van der Waals surface area contributed by atoms with Crippen LogP contribution in [0.5, 0.6) is 5.75 Å². The molecule has 1 aliphatic heterocycles. The molecule has 1 aromatic carbocycles. The topological polar surface area (TPSA) is 36.9 Å². The van der Waals surface area contributed by atoms with Gasteiger partial charge in [-0.3, -0.25) is 0 Å². The van der Waals surface area contributed by atoms with Gasteiger partial charge in [0.25, 0.3) is 0 Å². The standard InChI is InChI=1S/C17H23BF2O4/c1-7-17(19,20)22-13-8-9-14(12(10-13)11-21-6)18-23-15(2,3)16(4,5)24-18/h7-10H,1,11H2,2-6H3. The number of hydrogen-bond acceptors (Lipinski definition) is 4. The van der Waals surface area contributed by atoms with Crippen molar-refractivity contribution in [3.63, 3.8) is 0 Å². The van der Waals surface area contributed by atoms with Crippen molar-refractivity contribution in [3.8, 4) is 5.75 Å². The van der Waals surface area contributed by atoms with E-state index in [1.165, 1.54) is 19.2 Å². The highest BCUT2D eigenvalue weighted by molar-refractivity contribution is 6.62. The fourth-order valence-electron chi connectivity index (χ4n) is 2.32. The van der Waals surface area contributed by atoms with Gasteiger partial charge in [0.1, 0.15) is 5.75 Å². The van der Waals surface area contributed by atoms with Crippen molar-refractivity contribution in [2.24, 2.45) is 0 Å². The minimum atomic E-state index is -3.43. The van der Waals surface area contributed by atoms with Crippen molar-refractivity contribution >= 4 is 12.6 Å². The lowest BCUT2D eigenvalue weighted by atomic mass is 9.76. The average molecular weight is 340 g/mol. The monoisotopic (exact) mass is 340 g/mol. The van der Waals surface area contributed by atoms with E-state index in [4.69, 9.17) is 14.0 Å². The number of methoxy groups -OCH3 is 1. The summed E-state index contributed by atoms with van der Waals surface area (Å²) in [5, 5.41) is 0. The number of ether oxygens (including phenoxy) is 2. The lowest BCUT2D eigenvalue weighted by Crippen LogP contribution is -2.41. The SMILES string of the molecule is C=CC(F)(F)Oc1ccc(B2OC(C)(C)C(C)(C)O2)c(COC)c1. The first-order chi connectivity index (χ1) is 11.0. The first-order valence-corrected chi connectivity index (χ1v) is 7.69. The number of benzene rings is 1. The van der Waals surface area contributed by atoms with Crippen LogP contribution in [-0.4, -0.2) is 31.5 Å². The molecule has 0 aromatic heterocycles. The summed E-state index contributed by atoms with van der Waals surface area (Å²) in [6.07, 6.45) is -2.98. The fourth-order valence-corrected chi connectivity index (χ4v) is 2.32. The molecule has 0 bridgehead atoms. The van der Waals surface area contributed by atoms with Crippen molar-refractivity contribution in [1.29, 1.82) is 0 Å². The highest BCUT2D eigenvalue weighted by Crippen LogP contribution is 2.37. The Kier molecular flexibility index (Phi) is 5.09. The van der Waals surface area contributed by atoms with E-state index in [1.54, 1.807) is 6.07 Å². The Labute approximate surface area is 141 Å². The van der Waals surface area contributed by atoms with Crippen LogP contribution in [0.2, 0.25) is 0 Å². The third kappa shape index (κ3) is 3.79. The van der Waals surface area contributed by atoms with Gasteiger partial charge in [-0.2, -0.15) is 8.78 Å². The zero-order valence-corrected chi connectivity index (χ0v) is 14.7. The maximum atomic E-state index is 13.3. The molecule has 132 valence electrons. The third-order valence-electron chi connectivity index (χ3n) is 4.41. The largest absolute Gasteiger partial charge is 0.495 e. The van der Waals surface area contributed by atoms with Crippen LogP contribution in [0.3, 0.4) is 0 Å². The highest BCUT2D eigenvalue weighted by Gasteiger charge is 2.52. The number of alkyl halides is 2. The van der Waals surface area contributed by atoms with Crippen molar-refractivity contribution in [2.45, 2.75) is 51.6 Å². The highest BCUT2D eigenvalue weighted by atomic mass is 19.3. The Balaban J connectivity index is 2.33. The molecule has 1 heterocycles. The average Bonchev–Trinajstić information content (AvgIpc) is 2.67. The molecule has 1 aliphatic rings. The molecule has 24 heavy (non-hydrogen) atoms. The zero-order chi connectivity index (χ0) is 18.2. The maximum absolute atomic E-state index is 13.3. The van der Waals surface area contributed by atoms with Gasteiger partial charge in [-0.25, -0.2) is 0 Å². The molecule has 0 aliphatic carbocycles. The predicted molar refractivity (Wildman–Crippen MR) is 88.6 cm³/mol. The van der Waals surface area contributed by atoms with Gasteiger partial charge < -0.3 is 18.8 Å². The zero-order valence-electron chi connectivity index (χ0n) is 14.7. The van der Waals surface area contributed by atoms with E-state index in [2.05, 4.69) is 11.3 Å². The molecule has 0 radical (unpaired) electrons.